The van der Waals surface area contributed by atoms with Gasteiger partial charge in [0.25, 0.3) is 0 Å². The van der Waals surface area contributed by atoms with Crippen molar-refractivity contribution in [3.63, 3.8) is 0 Å². The minimum Gasteiger partial charge on any atom is -0.481 e. The van der Waals surface area contributed by atoms with Crippen LogP contribution in [0, 0.1) is 0 Å². The molecule has 0 aliphatic heterocycles. The van der Waals surface area contributed by atoms with Crippen LogP contribution in [-0.2, 0) is 16.1 Å². The zero-order valence-corrected chi connectivity index (χ0v) is 10.9. The normalized spacial score (nSPS) is 14.3. The molecule has 8 nitrogen and oxygen atoms in total. The lowest BCUT2D eigenvalue weighted by Crippen LogP contribution is -2.18. The van der Waals surface area contributed by atoms with Gasteiger partial charge in [-0.2, -0.15) is 0 Å². The highest BCUT2D eigenvalue weighted by molar-refractivity contribution is 7.99. The van der Waals surface area contributed by atoms with Gasteiger partial charge in [-0.15, -0.1) is 10.2 Å². The first-order chi connectivity index (χ1) is 9.08. The fourth-order valence-electron chi connectivity index (χ4n) is 1.62. The molecule has 1 amide bonds. The van der Waals surface area contributed by atoms with Crippen molar-refractivity contribution in [3.8, 4) is 0 Å². The summed E-state index contributed by atoms with van der Waals surface area (Å²) in [5.74, 6) is 0.196. The molecule has 1 aliphatic rings. The highest BCUT2D eigenvalue weighted by Crippen LogP contribution is 2.39. The van der Waals surface area contributed by atoms with Gasteiger partial charge < -0.3 is 20.1 Å². The maximum absolute atomic E-state index is 10.6. The number of hydrogen-bond donors (Lipinski definition) is 2. The average Bonchev–Trinajstić information content (AvgIpc) is 3.09. The molecule has 1 saturated carbocycles. The Morgan fingerprint density at radius 2 is 2.21 bits per heavy atom. The molecule has 0 bridgehead atoms. The number of carboxylic acid groups (broad SMARTS) is 1. The third kappa shape index (κ3) is 3.85. The number of ether oxygens (including phenoxy) is 1. The lowest BCUT2D eigenvalue weighted by Gasteiger charge is -2.08. The van der Waals surface area contributed by atoms with Crippen LogP contribution in [0.2, 0.25) is 0 Å². The Bertz CT molecular complexity index is 486. The fraction of sp³-hybridized carbons (Fsp3) is 0.600. The lowest BCUT2D eigenvalue weighted by molar-refractivity contribution is -0.133. The van der Waals surface area contributed by atoms with Crippen molar-refractivity contribution < 1.29 is 19.4 Å². The van der Waals surface area contributed by atoms with Crippen molar-refractivity contribution in [2.75, 3.05) is 12.4 Å². The second-order valence-corrected chi connectivity index (χ2v) is 5.06. The number of primary amides is 1. The number of nitrogens with zero attached hydrogens (tertiary/aromatic N) is 3. The van der Waals surface area contributed by atoms with Gasteiger partial charge in [-0.05, 0) is 12.8 Å². The van der Waals surface area contributed by atoms with Crippen LogP contribution < -0.4 is 5.73 Å². The molecule has 0 aromatic carbocycles. The highest BCUT2D eigenvalue weighted by atomic mass is 32.2. The fourth-order valence-corrected chi connectivity index (χ4v) is 2.32. The number of carbonyl (C=O) groups excluding carboxylic acids is 1. The summed E-state index contributed by atoms with van der Waals surface area (Å²) in [6.45, 7) is 0.497. The number of carboxylic acids is 1. The third-order valence-corrected chi connectivity index (χ3v) is 3.52. The summed E-state index contributed by atoms with van der Waals surface area (Å²) in [6, 6.07) is 0. The first-order valence-corrected chi connectivity index (χ1v) is 6.76. The molecule has 1 heterocycles. The zero-order valence-electron chi connectivity index (χ0n) is 10.1. The van der Waals surface area contributed by atoms with Crippen molar-refractivity contribution in [1.82, 2.24) is 14.8 Å². The van der Waals surface area contributed by atoms with Crippen molar-refractivity contribution in [2.45, 2.75) is 30.5 Å². The number of amides is 1. The van der Waals surface area contributed by atoms with Crippen LogP contribution in [0.15, 0.2) is 5.16 Å². The van der Waals surface area contributed by atoms with Gasteiger partial charge in [0.15, 0.2) is 5.16 Å². The molecule has 104 valence electrons. The molecule has 1 aromatic heterocycles. The van der Waals surface area contributed by atoms with Crippen molar-refractivity contribution in [3.05, 3.63) is 5.82 Å². The Hall–Kier alpha value is -1.77. The molecule has 0 spiro atoms. The summed E-state index contributed by atoms with van der Waals surface area (Å²) in [6.07, 6.45) is 1.28. The Balaban J connectivity index is 2.04. The molecule has 0 radical (unpaired) electrons. The summed E-state index contributed by atoms with van der Waals surface area (Å²) in [7, 11) is 0. The Kier molecular flexibility index (Phi) is 4.25. The summed E-state index contributed by atoms with van der Waals surface area (Å²) in [5.41, 5.74) is 4.89. The number of thioether (sulfide) groups is 1. The van der Waals surface area contributed by atoms with Gasteiger partial charge in [-0.25, -0.2) is 4.79 Å². The van der Waals surface area contributed by atoms with Crippen LogP contribution in [0.4, 0.5) is 4.79 Å². The molecule has 1 aromatic rings. The smallest absolute Gasteiger partial charge is 0.404 e. The second kappa shape index (κ2) is 5.91. The van der Waals surface area contributed by atoms with Crippen molar-refractivity contribution in [2.24, 2.45) is 5.73 Å². The minimum atomic E-state index is -0.916. The molecular formula is C10H14N4O4S. The van der Waals surface area contributed by atoms with Crippen LogP contribution >= 0.6 is 11.8 Å². The third-order valence-electron chi connectivity index (χ3n) is 2.57. The van der Waals surface area contributed by atoms with Crippen LogP contribution in [0.5, 0.6) is 0 Å². The summed E-state index contributed by atoms with van der Waals surface area (Å²) in [4.78, 5) is 21.1. The average molecular weight is 286 g/mol. The summed E-state index contributed by atoms with van der Waals surface area (Å²) < 4.78 is 6.49. The number of nitrogens with two attached hydrogens (primary N) is 1. The molecule has 9 heteroatoms. The van der Waals surface area contributed by atoms with E-state index in [4.69, 9.17) is 10.8 Å². The van der Waals surface area contributed by atoms with E-state index in [1.54, 1.807) is 4.57 Å². The molecular weight excluding hydrogens is 272 g/mol. The molecule has 2 rings (SSSR count). The molecule has 1 fully saturated rings. The number of aromatic nitrogens is 3. The van der Waals surface area contributed by atoms with Crippen molar-refractivity contribution in [1.29, 1.82) is 0 Å². The summed E-state index contributed by atoms with van der Waals surface area (Å²) in [5, 5.41) is 17.3. The Labute approximate surface area is 113 Å². The van der Waals surface area contributed by atoms with Crippen LogP contribution in [0.3, 0.4) is 0 Å². The van der Waals surface area contributed by atoms with Gasteiger partial charge in [-0.3, -0.25) is 4.79 Å². The van der Waals surface area contributed by atoms with E-state index in [0.717, 1.165) is 30.4 Å². The highest BCUT2D eigenvalue weighted by Gasteiger charge is 2.30. The number of aliphatic carboxylic acids is 1. The molecule has 19 heavy (non-hydrogen) atoms. The van der Waals surface area contributed by atoms with Gasteiger partial charge in [-0.1, -0.05) is 11.8 Å². The van der Waals surface area contributed by atoms with E-state index in [1.807, 2.05) is 0 Å². The van der Waals surface area contributed by atoms with E-state index in [1.165, 1.54) is 0 Å². The topological polar surface area (TPSA) is 120 Å². The molecule has 0 saturated heterocycles. The number of rotatable bonds is 7. The van der Waals surface area contributed by atoms with E-state index in [0.29, 0.717) is 17.6 Å². The SMILES string of the molecule is NC(=O)OCCn1c(SCC(=O)O)nnc1C1CC1. The standard InChI is InChI=1S/C10H14N4O4S/c11-9(17)18-4-3-14-8(6-1-2-6)12-13-10(14)19-5-7(15)16/h6H,1-5H2,(H2,11,17)(H,15,16). The first kappa shape index (κ1) is 13.7. The quantitative estimate of drug-likeness (QED) is 0.697. The van der Waals surface area contributed by atoms with Crippen LogP contribution in [0.1, 0.15) is 24.6 Å². The monoisotopic (exact) mass is 286 g/mol. The zero-order chi connectivity index (χ0) is 13.8. The molecule has 0 unspecified atom stereocenters. The lowest BCUT2D eigenvalue weighted by atomic mass is 10.4. The first-order valence-electron chi connectivity index (χ1n) is 5.78. The maximum Gasteiger partial charge on any atom is 0.404 e. The van der Waals surface area contributed by atoms with E-state index in [9.17, 15) is 9.59 Å². The molecule has 1 aliphatic carbocycles. The minimum absolute atomic E-state index is 0.0839. The van der Waals surface area contributed by atoms with Crippen LogP contribution in [-0.4, -0.2) is 44.3 Å². The number of hydrogen-bond acceptors (Lipinski definition) is 6. The van der Waals surface area contributed by atoms with Gasteiger partial charge in [0.2, 0.25) is 0 Å². The Morgan fingerprint density at radius 3 is 2.79 bits per heavy atom. The van der Waals surface area contributed by atoms with Gasteiger partial charge in [0.05, 0.1) is 12.3 Å². The predicted octanol–water partition coefficient (Wildman–Crippen LogP) is 0.427. The van der Waals surface area contributed by atoms with E-state index in [-0.39, 0.29) is 12.4 Å². The van der Waals surface area contributed by atoms with Crippen molar-refractivity contribution >= 4 is 23.8 Å². The predicted molar refractivity (Wildman–Crippen MR) is 65.9 cm³/mol. The van der Waals surface area contributed by atoms with Gasteiger partial charge >= 0.3 is 12.1 Å². The van der Waals surface area contributed by atoms with E-state index >= 15 is 0 Å². The van der Waals surface area contributed by atoms with Gasteiger partial charge in [0, 0.05) is 5.92 Å². The van der Waals surface area contributed by atoms with Crippen LogP contribution in [0.25, 0.3) is 0 Å². The second-order valence-electron chi connectivity index (χ2n) is 4.12. The van der Waals surface area contributed by atoms with E-state index < -0.39 is 12.1 Å². The molecule has 3 N–H and O–H groups in total. The molecule has 0 atom stereocenters. The van der Waals surface area contributed by atoms with Gasteiger partial charge in [0.1, 0.15) is 12.4 Å². The Morgan fingerprint density at radius 1 is 1.47 bits per heavy atom. The summed E-state index contributed by atoms with van der Waals surface area (Å²) >= 11 is 1.10. The maximum atomic E-state index is 10.6. The van der Waals surface area contributed by atoms with E-state index in [2.05, 4.69) is 14.9 Å². The largest absolute Gasteiger partial charge is 0.481 e. The number of carbonyl (C=O) groups is 2.